The lowest BCUT2D eigenvalue weighted by molar-refractivity contribution is -0.136. The number of unbranched alkanes of at least 4 members (excludes halogenated alkanes) is 1. The number of anilines is 1. The molecule has 1 aromatic rings. The van der Waals surface area contributed by atoms with Crippen LogP contribution in [0.15, 0.2) is 30.3 Å². The summed E-state index contributed by atoms with van der Waals surface area (Å²) in [6.45, 7) is 4.83. The highest BCUT2D eigenvalue weighted by molar-refractivity contribution is 6.39. The number of para-hydroxylation sites is 1. The minimum Gasteiger partial charge on any atom is -0.348 e. The first kappa shape index (κ1) is 16.2. The molecule has 0 fully saturated rings. The van der Waals surface area contributed by atoms with E-state index in [0.717, 1.165) is 25.7 Å². The van der Waals surface area contributed by atoms with E-state index in [1.54, 1.807) is 12.1 Å². The molecule has 0 heterocycles. The Morgan fingerprint density at radius 1 is 1.10 bits per heavy atom. The summed E-state index contributed by atoms with van der Waals surface area (Å²) in [6, 6.07) is 8.98. The van der Waals surface area contributed by atoms with E-state index < -0.39 is 11.8 Å². The Bertz CT molecular complexity index is 418. The van der Waals surface area contributed by atoms with Crippen LogP contribution >= 0.6 is 0 Å². The average molecular weight is 276 g/mol. The molecule has 0 radical (unpaired) electrons. The topological polar surface area (TPSA) is 58.2 Å². The van der Waals surface area contributed by atoms with E-state index >= 15 is 0 Å². The summed E-state index contributed by atoms with van der Waals surface area (Å²) in [5, 5.41) is 5.29. The van der Waals surface area contributed by atoms with E-state index in [9.17, 15) is 9.59 Å². The number of carbonyl (C=O) groups excluding carboxylic acids is 2. The third kappa shape index (κ3) is 5.87. The van der Waals surface area contributed by atoms with Crippen LogP contribution in [0.2, 0.25) is 0 Å². The highest BCUT2D eigenvalue weighted by Gasteiger charge is 2.15. The second kappa shape index (κ2) is 9.13. The number of nitrogens with one attached hydrogen (secondary N) is 2. The van der Waals surface area contributed by atoms with Gasteiger partial charge in [0.15, 0.2) is 0 Å². The van der Waals surface area contributed by atoms with E-state index in [2.05, 4.69) is 24.5 Å². The summed E-state index contributed by atoms with van der Waals surface area (Å²) in [5.74, 6) is -0.728. The largest absolute Gasteiger partial charge is 0.348 e. The van der Waals surface area contributed by atoms with Crippen LogP contribution in [0, 0.1) is 5.92 Å². The van der Waals surface area contributed by atoms with E-state index in [4.69, 9.17) is 0 Å². The number of rotatable bonds is 7. The van der Waals surface area contributed by atoms with Gasteiger partial charge >= 0.3 is 11.8 Å². The van der Waals surface area contributed by atoms with Crippen LogP contribution in [0.4, 0.5) is 5.69 Å². The van der Waals surface area contributed by atoms with Crippen molar-refractivity contribution in [3.63, 3.8) is 0 Å². The minimum atomic E-state index is -0.610. The quantitative estimate of drug-likeness (QED) is 0.752. The predicted octanol–water partition coefficient (Wildman–Crippen LogP) is 2.96. The first-order valence-electron chi connectivity index (χ1n) is 7.31. The Kier molecular flexibility index (Phi) is 7.40. The molecule has 0 saturated heterocycles. The summed E-state index contributed by atoms with van der Waals surface area (Å²) in [7, 11) is 0. The summed E-state index contributed by atoms with van der Waals surface area (Å²) in [6.07, 6.45) is 4.41. The van der Waals surface area contributed by atoms with E-state index in [0.29, 0.717) is 18.2 Å². The lowest BCUT2D eigenvalue weighted by Crippen LogP contribution is -2.38. The molecule has 1 unspecified atom stereocenters. The van der Waals surface area contributed by atoms with Gasteiger partial charge in [-0.3, -0.25) is 9.59 Å². The Morgan fingerprint density at radius 2 is 1.80 bits per heavy atom. The zero-order valence-electron chi connectivity index (χ0n) is 12.3. The van der Waals surface area contributed by atoms with E-state index in [-0.39, 0.29) is 0 Å². The summed E-state index contributed by atoms with van der Waals surface area (Å²) < 4.78 is 0. The smallest absolute Gasteiger partial charge is 0.313 e. The van der Waals surface area contributed by atoms with Gasteiger partial charge < -0.3 is 10.6 Å². The van der Waals surface area contributed by atoms with Gasteiger partial charge in [0.1, 0.15) is 0 Å². The van der Waals surface area contributed by atoms with Gasteiger partial charge in [-0.2, -0.15) is 0 Å². The standard InChI is InChI=1S/C16H24N2O2/c1-3-5-9-13(4-2)12-17-15(19)16(20)18-14-10-7-6-8-11-14/h6-8,10-11,13H,3-5,9,12H2,1-2H3,(H,17,19)(H,18,20). The Hall–Kier alpha value is -1.84. The first-order chi connectivity index (χ1) is 9.67. The molecule has 0 aliphatic rings. The molecule has 110 valence electrons. The SMILES string of the molecule is CCCCC(CC)CNC(=O)C(=O)Nc1ccccc1. The molecule has 20 heavy (non-hydrogen) atoms. The van der Waals surface area contributed by atoms with Gasteiger partial charge in [0.25, 0.3) is 0 Å². The van der Waals surface area contributed by atoms with Crippen LogP contribution in [0.25, 0.3) is 0 Å². The van der Waals surface area contributed by atoms with Crippen molar-refractivity contribution < 1.29 is 9.59 Å². The summed E-state index contributed by atoms with van der Waals surface area (Å²) >= 11 is 0. The van der Waals surface area contributed by atoms with Crippen LogP contribution in [-0.4, -0.2) is 18.4 Å². The van der Waals surface area contributed by atoms with Crippen LogP contribution in [0.3, 0.4) is 0 Å². The molecule has 0 aliphatic heterocycles. The van der Waals surface area contributed by atoms with Gasteiger partial charge in [-0.05, 0) is 24.5 Å². The molecule has 0 aromatic heterocycles. The van der Waals surface area contributed by atoms with Crippen LogP contribution in [0.5, 0.6) is 0 Å². The third-order valence-corrected chi connectivity index (χ3v) is 3.33. The van der Waals surface area contributed by atoms with Crippen LogP contribution in [0.1, 0.15) is 39.5 Å². The molecule has 2 N–H and O–H groups in total. The van der Waals surface area contributed by atoms with Crippen molar-refractivity contribution in [3.05, 3.63) is 30.3 Å². The maximum Gasteiger partial charge on any atom is 0.313 e. The fraction of sp³-hybridized carbons (Fsp3) is 0.500. The predicted molar refractivity (Wildman–Crippen MR) is 81.4 cm³/mol. The molecule has 0 spiro atoms. The van der Waals surface area contributed by atoms with E-state index in [1.807, 2.05) is 18.2 Å². The molecule has 2 amide bonds. The van der Waals surface area contributed by atoms with Gasteiger partial charge in [0.2, 0.25) is 0 Å². The van der Waals surface area contributed by atoms with Gasteiger partial charge in [-0.25, -0.2) is 0 Å². The maximum absolute atomic E-state index is 11.7. The molecule has 4 nitrogen and oxygen atoms in total. The van der Waals surface area contributed by atoms with Crippen molar-refractivity contribution in [2.45, 2.75) is 39.5 Å². The number of hydrogen-bond donors (Lipinski definition) is 2. The fourth-order valence-corrected chi connectivity index (χ4v) is 1.97. The number of amides is 2. The van der Waals surface area contributed by atoms with Crippen LogP contribution < -0.4 is 10.6 Å². The number of benzene rings is 1. The number of carbonyl (C=O) groups is 2. The van der Waals surface area contributed by atoms with E-state index in [1.165, 1.54) is 0 Å². The summed E-state index contributed by atoms with van der Waals surface area (Å²) in [5.41, 5.74) is 0.630. The first-order valence-corrected chi connectivity index (χ1v) is 7.31. The zero-order chi connectivity index (χ0) is 14.8. The van der Waals surface area contributed by atoms with Crippen molar-refractivity contribution in [1.29, 1.82) is 0 Å². The second-order valence-electron chi connectivity index (χ2n) is 4.95. The van der Waals surface area contributed by atoms with Crippen molar-refractivity contribution >= 4 is 17.5 Å². The molecule has 1 atom stereocenters. The zero-order valence-corrected chi connectivity index (χ0v) is 12.3. The molecular weight excluding hydrogens is 252 g/mol. The van der Waals surface area contributed by atoms with Crippen LogP contribution in [-0.2, 0) is 9.59 Å². The van der Waals surface area contributed by atoms with Gasteiger partial charge in [-0.15, -0.1) is 0 Å². The molecule has 0 aliphatic carbocycles. The number of hydrogen-bond acceptors (Lipinski definition) is 2. The molecule has 1 rings (SSSR count). The molecule has 4 heteroatoms. The fourth-order valence-electron chi connectivity index (χ4n) is 1.97. The van der Waals surface area contributed by atoms with Gasteiger partial charge in [-0.1, -0.05) is 51.3 Å². The van der Waals surface area contributed by atoms with Gasteiger partial charge in [0.05, 0.1) is 0 Å². The second-order valence-corrected chi connectivity index (χ2v) is 4.95. The van der Waals surface area contributed by atoms with Crippen molar-refractivity contribution in [2.24, 2.45) is 5.92 Å². The monoisotopic (exact) mass is 276 g/mol. The lowest BCUT2D eigenvalue weighted by atomic mass is 9.99. The normalized spacial score (nSPS) is 11.7. The summed E-state index contributed by atoms with van der Waals surface area (Å²) in [4.78, 5) is 23.4. The average Bonchev–Trinajstić information content (AvgIpc) is 2.48. The third-order valence-electron chi connectivity index (χ3n) is 3.33. The molecule has 0 saturated carbocycles. The molecule has 0 bridgehead atoms. The Labute approximate surface area is 121 Å². The minimum absolute atomic E-state index is 0.448. The molecular formula is C16H24N2O2. The van der Waals surface area contributed by atoms with Crippen molar-refractivity contribution in [2.75, 3.05) is 11.9 Å². The Balaban J connectivity index is 2.36. The lowest BCUT2D eigenvalue weighted by Gasteiger charge is -2.15. The molecule has 1 aromatic carbocycles. The Morgan fingerprint density at radius 3 is 2.40 bits per heavy atom. The van der Waals surface area contributed by atoms with Crippen molar-refractivity contribution in [3.8, 4) is 0 Å². The van der Waals surface area contributed by atoms with Crippen molar-refractivity contribution in [1.82, 2.24) is 5.32 Å². The maximum atomic E-state index is 11.7. The highest BCUT2D eigenvalue weighted by Crippen LogP contribution is 2.11. The van der Waals surface area contributed by atoms with Gasteiger partial charge in [0, 0.05) is 12.2 Å². The highest BCUT2D eigenvalue weighted by atomic mass is 16.2.